The number of ketones is 1. The van der Waals surface area contributed by atoms with Crippen molar-refractivity contribution in [1.29, 1.82) is 0 Å². The minimum absolute atomic E-state index is 0.0405. The Hall–Kier alpha value is -3.04. The second kappa shape index (κ2) is 8.54. The second-order valence-corrected chi connectivity index (χ2v) is 7.27. The number of hydrogen-bond acceptors (Lipinski definition) is 9. The standard InChI is InChI=1S/C20H18N2O6S/c1-12(23)13-3-2-4-16(7-13)25-9-15(24)10-29-20-22-21-19(28-20)14-5-6-17-18(8-14)27-11-26-17/h2-8,15,24H,9-11H2,1H3/t15-/m1/s1. The van der Waals surface area contributed by atoms with Crippen molar-refractivity contribution in [2.24, 2.45) is 0 Å². The molecule has 8 nitrogen and oxygen atoms in total. The van der Waals surface area contributed by atoms with Crippen molar-refractivity contribution in [2.45, 2.75) is 18.3 Å². The van der Waals surface area contributed by atoms with Gasteiger partial charge in [-0.3, -0.25) is 4.79 Å². The lowest BCUT2D eigenvalue weighted by Crippen LogP contribution is -2.20. The number of aromatic nitrogens is 2. The highest BCUT2D eigenvalue weighted by Gasteiger charge is 2.17. The van der Waals surface area contributed by atoms with E-state index < -0.39 is 6.10 Å². The van der Waals surface area contributed by atoms with Crippen LogP contribution in [0.2, 0.25) is 0 Å². The summed E-state index contributed by atoms with van der Waals surface area (Å²) in [5.41, 5.74) is 1.29. The lowest BCUT2D eigenvalue weighted by atomic mass is 10.1. The molecule has 1 aromatic heterocycles. The van der Waals surface area contributed by atoms with Crippen molar-refractivity contribution >= 4 is 17.5 Å². The van der Waals surface area contributed by atoms with Gasteiger partial charge >= 0.3 is 0 Å². The molecular formula is C20H18N2O6S. The third-order valence-electron chi connectivity index (χ3n) is 4.11. The topological polar surface area (TPSA) is 104 Å². The fourth-order valence-electron chi connectivity index (χ4n) is 2.63. The number of benzene rings is 2. The molecule has 3 aromatic rings. The summed E-state index contributed by atoms with van der Waals surface area (Å²) in [5, 5.41) is 18.5. The van der Waals surface area contributed by atoms with Crippen LogP contribution in [0.25, 0.3) is 11.5 Å². The number of fused-ring (bicyclic) bond motifs is 1. The van der Waals surface area contributed by atoms with Gasteiger partial charge in [-0.05, 0) is 37.3 Å². The van der Waals surface area contributed by atoms with E-state index in [0.29, 0.717) is 39.7 Å². The number of rotatable bonds is 8. The Morgan fingerprint density at radius 3 is 2.93 bits per heavy atom. The van der Waals surface area contributed by atoms with Crippen LogP contribution in [0, 0.1) is 0 Å². The van der Waals surface area contributed by atoms with Crippen molar-refractivity contribution in [3.8, 4) is 28.7 Å². The SMILES string of the molecule is CC(=O)c1cccc(OC[C@@H](O)CSc2nnc(-c3ccc4c(c3)OCO4)o2)c1. The van der Waals surface area contributed by atoms with Crippen LogP contribution in [0.5, 0.6) is 17.2 Å². The summed E-state index contributed by atoms with van der Waals surface area (Å²) in [6.45, 7) is 1.77. The highest BCUT2D eigenvalue weighted by molar-refractivity contribution is 7.99. The summed E-state index contributed by atoms with van der Waals surface area (Å²) in [6.07, 6.45) is -0.748. The third-order valence-corrected chi connectivity index (χ3v) is 5.07. The van der Waals surface area contributed by atoms with Crippen LogP contribution < -0.4 is 14.2 Å². The smallest absolute Gasteiger partial charge is 0.276 e. The van der Waals surface area contributed by atoms with Crippen LogP contribution in [0.4, 0.5) is 0 Å². The molecule has 29 heavy (non-hydrogen) atoms. The number of aliphatic hydroxyl groups is 1. The normalized spacial score (nSPS) is 13.3. The van der Waals surface area contributed by atoms with Gasteiger partial charge in [0, 0.05) is 16.9 Å². The molecule has 0 radical (unpaired) electrons. The predicted molar refractivity (Wildman–Crippen MR) is 105 cm³/mol. The van der Waals surface area contributed by atoms with Gasteiger partial charge in [-0.1, -0.05) is 23.9 Å². The van der Waals surface area contributed by atoms with Gasteiger partial charge in [-0.2, -0.15) is 0 Å². The number of hydrogen-bond donors (Lipinski definition) is 1. The number of carbonyl (C=O) groups excluding carboxylic acids is 1. The Balaban J connectivity index is 1.29. The molecule has 0 aliphatic carbocycles. The average Bonchev–Trinajstić information content (AvgIpc) is 3.39. The Labute approximate surface area is 170 Å². The highest BCUT2D eigenvalue weighted by Crippen LogP contribution is 2.36. The van der Waals surface area contributed by atoms with Crippen molar-refractivity contribution in [2.75, 3.05) is 19.2 Å². The molecule has 0 bridgehead atoms. The van der Waals surface area contributed by atoms with Gasteiger partial charge in [0.15, 0.2) is 17.3 Å². The molecule has 1 atom stereocenters. The first-order valence-electron chi connectivity index (χ1n) is 8.86. The first-order chi connectivity index (χ1) is 14.1. The summed E-state index contributed by atoms with van der Waals surface area (Å²) in [5.74, 6) is 2.48. The quantitative estimate of drug-likeness (QED) is 0.439. The van der Waals surface area contributed by atoms with Crippen LogP contribution in [0.15, 0.2) is 52.1 Å². The van der Waals surface area contributed by atoms with Crippen molar-refractivity contribution in [1.82, 2.24) is 10.2 Å². The number of ether oxygens (including phenoxy) is 3. The van der Waals surface area contributed by atoms with E-state index in [2.05, 4.69) is 10.2 Å². The predicted octanol–water partition coefficient (Wildman–Crippen LogP) is 3.20. The van der Waals surface area contributed by atoms with Crippen LogP contribution in [0.3, 0.4) is 0 Å². The number of carbonyl (C=O) groups is 1. The first-order valence-corrected chi connectivity index (χ1v) is 9.85. The monoisotopic (exact) mass is 414 g/mol. The Morgan fingerprint density at radius 1 is 1.21 bits per heavy atom. The van der Waals surface area contributed by atoms with Gasteiger partial charge in [0.2, 0.25) is 12.7 Å². The van der Waals surface area contributed by atoms with E-state index in [1.165, 1.54) is 18.7 Å². The molecule has 2 aromatic carbocycles. The molecular weight excluding hydrogens is 396 g/mol. The van der Waals surface area contributed by atoms with Gasteiger partial charge in [0.05, 0.1) is 6.10 Å². The van der Waals surface area contributed by atoms with Crippen LogP contribution in [-0.2, 0) is 0 Å². The van der Waals surface area contributed by atoms with E-state index in [0.717, 1.165) is 5.56 Å². The van der Waals surface area contributed by atoms with Crippen LogP contribution >= 0.6 is 11.8 Å². The maximum atomic E-state index is 11.4. The second-order valence-electron chi connectivity index (χ2n) is 6.30. The molecule has 0 unspecified atom stereocenters. The zero-order chi connectivity index (χ0) is 20.2. The molecule has 2 heterocycles. The molecule has 0 saturated heterocycles. The number of aliphatic hydroxyl groups excluding tert-OH is 1. The maximum Gasteiger partial charge on any atom is 0.276 e. The van der Waals surface area contributed by atoms with Gasteiger partial charge in [-0.25, -0.2) is 0 Å². The molecule has 1 aliphatic heterocycles. The van der Waals surface area contributed by atoms with Crippen molar-refractivity contribution in [3.63, 3.8) is 0 Å². The average molecular weight is 414 g/mol. The van der Waals surface area contributed by atoms with E-state index in [4.69, 9.17) is 18.6 Å². The van der Waals surface area contributed by atoms with Crippen LogP contribution in [0.1, 0.15) is 17.3 Å². The summed E-state index contributed by atoms with van der Waals surface area (Å²) >= 11 is 1.23. The van der Waals surface area contributed by atoms with E-state index in [9.17, 15) is 9.90 Å². The van der Waals surface area contributed by atoms with E-state index in [1.54, 1.807) is 36.4 Å². The summed E-state index contributed by atoms with van der Waals surface area (Å²) in [7, 11) is 0. The fraction of sp³-hybridized carbons (Fsp3) is 0.250. The van der Waals surface area contributed by atoms with E-state index in [-0.39, 0.29) is 19.2 Å². The molecule has 0 saturated carbocycles. The van der Waals surface area contributed by atoms with Gasteiger partial charge in [0.25, 0.3) is 5.22 Å². The Kier molecular flexibility index (Phi) is 5.68. The lowest BCUT2D eigenvalue weighted by Gasteiger charge is -2.11. The van der Waals surface area contributed by atoms with Crippen molar-refractivity contribution in [3.05, 3.63) is 48.0 Å². The Bertz CT molecular complexity index is 1020. The van der Waals surface area contributed by atoms with Crippen molar-refractivity contribution < 1.29 is 28.5 Å². The summed E-state index contributed by atoms with van der Waals surface area (Å²) < 4.78 is 21.8. The summed E-state index contributed by atoms with van der Waals surface area (Å²) in [6, 6.07) is 12.2. The molecule has 0 spiro atoms. The van der Waals surface area contributed by atoms with Gasteiger partial charge in [-0.15, -0.1) is 10.2 Å². The molecule has 1 aliphatic rings. The van der Waals surface area contributed by atoms with Crippen LogP contribution in [-0.4, -0.2) is 46.3 Å². The lowest BCUT2D eigenvalue weighted by molar-refractivity contribution is 0.101. The zero-order valence-electron chi connectivity index (χ0n) is 15.5. The first kappa shape index (κ1) is 19.3. The minimum Gasteiger partial charge on any atom is -0.491 e. The summed E-state index contributed by atoms with van der Waals surface area (Å²) in [4.78, 5) is 11.4. The number of Topliss-reactive ketones (excluding diaryl/α,β-unsaturated/α-hetero) is 1. The molecule has 0 fully saturated rings. The van der Waals surface area contributed by atoms with E-state index >= 15 is 0 Å². The highest BCUT2D eigenvalue weighted by atomic mass is 32.2. The number of thioether (sulfide) groups is 1. The molecule has 150 valence electrons. The molecule has 9 heteroatoms. The fourth-order valence-corrected chi connectivity index (χ4v) is 3.29. The number of nitrogens with zero attached hydrogens (tertiary/aromatic N) is 2. The van der Waals surface area contributed by atoms with Gasteiger partial charge < -0.3 is 23.7 Å². The molecule has 0 amide bonds. The Morgan fingerprint density at radius 2 is 2.07 bits per heavy atom. The zero-order valence-corrected chi connectivity index (χ0v) is 16.3. The van der Waals surface area contributed by atoms with E-state index in [1.807, 2.05) is 6.07 Å². The minimum atomic E-state index is -0.748. The maximum absolute atomic E-state index is 11.4. The largest absolute Gasteiger partial charge is 0.491 e. The van der Waals surface area contributed by atoms with Gasteiger partial charge in [0.1, 0.15) is 12.4 Å². The molecule has 4 rings (SSSR count). The molecule has 1 N–H and O–H groups in total. The third kappa shape index (κ3) is 4.69.